The van der Waals surface area contributed by atoms with Crippen molar-refractivity contribution >= 4 is 25.5 Å². The molecular formula is C29H35O2Si. The molecule has 167 valence electrons. The van der Waals surface area contributed by atoms with Crippen LogP contribution in [0, 0.1) is 13.8 Å². The molecule has 0 fully saturated rings. The number of hydrogen-bond donors (Lipinski definition) is 1. The second kappa shape index (κ2) is 10.4. The summed E-state index contributed by atoms with van der Waals surface area (Å²) in [6.45, 7) is 13.5. The lowest BCUT2D eigenvalue weighted by atomic mass is 9.78. The van der Waals surface area contributed by atoms with Gasteiger partial charge < -0.3 is 9.53 Å². The molecule has 0 saturated heterocycles. The van der Waals surface area contributed by atoms with Crippen LogP contribution in [0.3, 0.4) is 0 Å². The van der Waals surface area contributed by atoms with Gasteiger partial charge in [-0.25, -0.2) is 0 Å². The van der Waals surface area contributed by atoms with E-state index in [1.165, 1.54) is 32.6 Å². The molecule has 1 atom stereocenters. The highest BCUT2D eigenvalue weighted by Crippen LogP contribution is 2.33. The van der Waals surface area contributed by atoms with Gasteiger partial charge in [-0.2, -0.15) is 0 Å². The highest BCUT2D eigenvalue weighted by molar-refractivity contribution is 6.80. The van der Waals surface area contributed by atoms with Gasteiger partial charge in [0.1, 0.15) is 0 Å². The first-order valence-corrected chi connectivity index (χ1v) is 12.7. The Hall–Kier alpha value is -2.46. The van der Waals surface area contributed by atoms with E-state index in [-0.39, 0.29) is 5.41 Å². The van der Waals surface area contributed by atoms with E-state index < -0.39 is 15.1 Å². The fourth-order valence-electron chi connectivity index (χ4n) is 4.49. The zero-order chi connectivity index (χ0) is 23.3. The SMILES string of the molecule is Cc1cc(CO[Si](c2ccccc2)c2ccccc2)c(C=CC(C)O)c(C)c1C(C)(C)C. The highest BCUT2D eigenvalue weighted by Gasteiger charge is 2.24. The van der Waals surface area contributed by atoms with Crippen LogP contribution in [-0.4, -0.2) is 20.3 Å². The van der Waals surface area contributed by atoms with Crippen molar-refractivity contribution in [2.45, 2.75) is 59.7 Å². The molecule has 0 heterocycles. The van der Waals surface area contributed by atoms with Crippen molar-refractivity contribution in [3.8, 4) is 0 Å². The van der Waals surface area contributed by atoms with E-state index in [1.54, 1.807) is 6.92 Å². The van der Waals surface area contributed by atoms with Gasteiger partial charge >= 0.3 is 0 Å². The van der Waals surface area contributed by atoms with Gasteiger partial charge in [-0.3, -0.25) is 0 Å². The Bertz CT molecular complexity index is 1010. The van der Waals surface area contributed by atoms with E-state index in [0.717, 1.165) is 5.56 Å². The van der Waals surface area contributed by atoms with Crippen LogP contribution in [-0.2, 0) is 16.4 Å². The molecule has 0 aliphatic carbocycles. The summed E-state index contributed by atoms with van der Waals surface area (Å²) in [5.74, 6) is 0. The van der Waals surface area contributed by atoms with Crippen LogP contribution in [0.5, 0.6) is 0 Å². The summed E-state index contributed by atoms with van der Waals surface area (Å²) in [5.41, 5.74) is 6.28. The number of rotatable bonds is 7. The summed E-state index contributed by atoms with van der Waals surface area (Å²) in [7, 11) is -1.38. The molecule has 2 nitrogen and oxygen atoms in total. The predicted molar refractivity (Wildman–Crippen MR) is 138 cm³/mol. The van der Waals surface area contributed by atoms with Crippen LogP contribution in [0.1, 0.15) is 55.5 Å². The lowest BCUT2D eigenvalue weighted by molar-refractivity contribution is 0.245. The number of aliphatic hydroxyl groups is 1. The first kappa shape index (κ1) is 24.2. The summed E-state index contributed by atoms with van der Waals surface area (Å²) in [6, 6.07) is 23.3. The topological polar surface area (TPSA) is 29.5 Å². The molecule has 3 rings (SSSR count). The molecule has 0 aromatic heterocycles. The number of hydrogen-bond acceptors (Lipinski definition) is 2. The maximum atomic E-state index is 9.88. The standard InChI is InChI=1S/C29H35O2Si/c1-21-19-24(27(18-17-22(2)30)23(3)28(21)29(4,5)6)20-31-32(25-13-9-7-10-14-25)26-15-11-8-12-16-26/h7-19,22,30H,20H2,1-6H3. The third kappa shape index (κ3) is 5.86. The Morgan fingerprint density at radius 2 is 1.47 bits per heavy atom. The molecule has 1 unspecified atom stereocenters. The minimum absolute atomic E-state index is 0.0456. The molecular weight excluding hydrogens is 408 g/mol. The molecule has 0 saturated carbocycles. The molecule has 0 amide bonds. The number of aliphatic hydroxyl groups excluding tert-OH is 1. The molecule has 3 heteroatoms. The average Bonchev–Trinajstić information content (AvgIpc) is 2.73. The van der Waals surface area contributed by atoms with Crippen LogP contribution in [0.2, 0.25) is 0 Å². The van der Waals surface area contributed by atoms with Gasteiger partial charge in [0.15, 0.2) is 0 Å². The first-order chi connectivity index (χ1) is 15.2. The lowest BCUT2D eigenvalue weighted by Crippen LogP contribution is -2.44. The third-order valence-corrected chi connectivity index (χ3v) is 7.79. The summed E-state index contributed by atoms with van der Waals surface area (Å²) in [6.07, 6.45) is 3.43. The third-order valence-electron chi connectivity index (χ3n) is 5.65. The number of benzene rings is 3. The van der Waals surface area contributed by atoms with Crippen molar-refractivity contribution in [2.24, 2.45) is 0 Å². The van der Waals surface area contributed by atoms with Gasteiger partial charge in [0.2, 0.25) is 0 Å². The van der Waals surface area contributed by atoms with Crippen molar-refractivity contribution in [1.29, 1.82) is 0 Å². The Kier molecular flexibility index (Phi) is 7.89. The minimum Gasteiger partial charge on any atom is -0.403 e. The Balaban J connectivity index is 2.03. The van der Waals surface area contributed by atoms with Gasteiger partial charge in [0.05, 0.1) is 12.7 Å². The maximum Gasteiger partial charge on any atom is 0.283 e. The van der Waals surface area contributed by atoms with Crippen molar-refractivity contribution in [3.05, 3.63) is 101 Å². The van der Waals surface area contributed by atoms with E-state index in [2.05, 4.69) is 95.3 Å². The van der Waals surface area contributed by atoms with Crippen molar-refractivity contribution < 1.29 is 9.53 Å². The van der Waals surface area contributed by atoms with Crippen LogP contribution < -0.4 is 10.4 Å². The molecule has 1 N–H and O–H groups in total. The van der Waals surface area contributed by atoms with Crippen LogP contribution >= 0.6 is 0 Å². The molecule has 3 aromatic carbocycles. The Morgan fingerprint density at radius 3 is 1.94 bits per heavy atom. The maximum absolute atomic E-state index is 9.88. The van der Waals surface area contributed by atoms with Gasteiger partial charge in [-0.15, -0.1) is 0 Å². The lowest BCUT2D eigenvalue weighted by Gasteiger charge is -2.27. The van der Waals surface area contributed by atoms with Crippen molar-refractivity contribution in [3.63, 3.8) is 0 Å². The summed E-state index contributed by atoms with van der Waals surface area (Å²) >= 11 is 0. The van der Waals surface area contributed by atoms with Gasteiger partial charge in [-0.1, -0.05) is 99.7 Å². The minimum atomic E-state index is -1.38. The number of aryl methyl sites for hydroxylation is 1. The van der Waals surface area contributed by atoms with Crippen molar-refractivity contribution in [2.75, 3.05) is 0 Å². The first-order valence-electron chi connectivity index (χ1n) is 11.3. The highest BCUT2D eigenvalue weighted by atomic mass is 28.3. The zero-order valence-electron chi connectivity index (χ0n) is 20.1. The van der Waals surface area contributed by atoms with E-state index in [1.807, 2.05) is 18.2 Å². The molecule has 0 spiro atoms. The fourth-order valence-corrected chi connectivity index (χ4v) is 6.44. The second-order valence-electron chi connectivity index (χ2n) is 9.47. The van der Waals surface area contributed by atoms with Crippen LogP contribution in [0.4, 0.5) is 0 Å². The van der Waals surface area contributed by atoms with E-state index in [9.17, 15) is 5.11 Å². The predicted octanol–water partition coefficient (Wildman–Crippen LogP) is 5.32. The fraction of sp³-hybridized carbons (Fsp3) is 0.310. The Morgan fingerprint density at radius 1 is 0.938 bits per heavy atom. The molecule has 0 aliphatic rings. The summed E-state index contributed by atoms with van der Waals surface area (Å²) in [5, 5.41) is 12.4. The van der Waals surface area contributed by atoms with Crippen molar-refractivity contribution in [1.82, 2.24) is 0 Å². The quantitative estimate of drug-likeness (QED) is 0.501. The normalized spacial score (nSPS) is 13.1. The van der Waals surface area contributed by atoms with Gasteiger partial charge in [0, 0.05) is 0 Å². The van der Waals surface area contributed by atoms with Crippen LogP contribution in [0.25, 0.3) is 6.08 Å². The van der Waals surface area contributed by atoms with Gasteiger partial charge in [-0.05, 0) is 64.4 Å². The molecule has 1 radical (unpaired) electrons. The summed E-state index contributed by atoms with van der Waals surface area (Å²) < 4.78 is 6.69. The molecule has 0 bridgehead atoms. The van der Waals surface area contributed by atoms with E-state index in [4.69, 9.17) is 4.43 Å². The molecule has 3 aromatic rings. The molecule has 0 aliphatic heterocycles. The smallest absolute Gasteiger partial charge is 0.283 e. The average molecular weight is 444 g/mol. The Labute approximate surface area is 195 Å². The largest absolute Gasteiger partial charge is 0.403 e. The van der Waals surface area contributed by atoms with E-state index >= 15 is 0 Å². The zero-order valence-corrected chi connectivity index (χ0v) is 21.1. The van der Waals surface area contributed by atoms with Gasteiger partial charge in [0.25, 0.3) is 9.04 Å². The van der Waals surface area contributed by atoms with E-state index in [0.29, 0.717) is 6.61 Å². The molecule has 32 heavy (non-hydrogen) atoms. The second-order valence-corrected chi connectivity index (χ2v) is 11.6. The monoisotopic (exact) mass is 443 g/mol. The summed E-state index contributed by atoms with van der Waals surface area (Å²) in [4.78, 5) is 0. The van der Waals surface area contributed by atoms with Crippen LogP contribution in [0.15, 0.2) is 72.8 Å².